The molecule has 176 valence electrons. The summed E-state index contributed by atoms with van der Waals surface area (Å²) >= 11 is 0. The Labute approximate surface area is 181 Å². The molecule has 0 radical (unpaired) electrons. The van der Waals surface area contributed by atoms with Gasteiger partial charge in [0.05, 0.1) is 19.8 Å². The number of hydrogen-bond acceptors (Lipinski definition) is 5. The highest BCUT2D eigenvalue weighted by molar-refractivity contribution is 7.48. The second-order valence-corrected chi connectivity index (χ2v) is 9.47. The topological polar surface area (TPSA) is 54.0 Å². The molecule has 5 nitrogen and oxygen atoms in total. The van der Waals surface area contributed by atoms with E-state index in [4.69, 9.17) is 18.3 Å². The Morgan fingerprint density at radius 1 is 0.448 bits per heavy atom. The summed E-state index contributed by atoms with van der Waals surface area (Å²) in [6.07, 6.45) is 17.7. The molecule has 0 aromatic rings. The van der Waals surface area contributed by atoms with Gasteiger partial charge in [0.15, 0.2) is 0 Å². The summed E-state index contributed by atoms with van der Waals surface area (Å²) in [6.45, 7) is 8.99. The van der Waals surface area contributed by atoms with Gasteiger partial charge in [0.2, 0.25) is 0 Å². The van der Waals surface area contributed by atoms with Gasteiger partial charge in [-0.2, -0.15) is 0 Å². The predicted octanol–water partition coefficient (Wildman–Crippen LogP) is 8.07. The second-order valence-electron chi connectivity index (χ2n) is 7.80. The van der Waals surface area contributed by atoms with Crippen molar-refractivity contribution >= 4 is 7.82 Å². The zero-order chi connectivity index (χ0) is 21.5. The van der Waals surface area contributed by atoms with E-state index in [-0.39, 0.29) is 0 Å². The summed E-state index contributed by atoms with van der Waals surface area (Å²) in [6, 6.07) is 0. The number of hydrogen-bond donors (Lipinski definition) is 0. The number of unbranched alkanes of at least 4 members (excludes halogenated alkanes) is 11. The maximum absolute atomic E-state index is 12.6. The normalized spacial score (nSPS) is 12.0. The molecule has 0 N–H and O–H groups in total. The first kappa shape index (κ1) is 29.1. The average Bonchev–Trinajstić information content (AvgIpc) is 2.71. The number of phosphoric ester groups is 1. The van der Waals surface area contributed by atoms with Gasteiger partial charge < -0.3 is 4.74 Å². The van der Waals surface area contributed by atoms with E-state index in [9.17, 15) is 4.57 Å². The Hall–Kier alpha value is 0.0700. The molecule has 0 spiro atoms. The monoisotopic (exact) mass is 436 g/mol. The van der Waals surface area contributed by atoms with E-state index in [0.29, 0.717) is 32.8 Å². The third-order valence-electron chi connectivity index (χ3n) is 4.82. The summed E-state index contributed by atoms with van der Waals surface area (Å²) in [5.74, 6) is 0. The van der Waals surface area contributed by atoms with Crippen LogP contribution in [0.25, 0.3) is 0 Å². The smallest absolute Gasteiger partial charge is 0.381 e. The van der Waals surface area contributed by atoms with Gasteiger partial charge in [-0.1, -0.05) is 91.4 Å². The van der Waals surface area contributed by atoms with E-state index in [1.807, 2.05) is 0 Å². The molecule has 29 heavy (non-hydrogen) atoms. The first-order valence-corrected chi connectivity index (χ1v) is 13.8. The van der Waals surface area contributed by atoms with Crippen LogP contribution in [-0.2, 0) is 22.9 Å². The van der Waals surface area contributed by atoms with Gasteiger partial charge >= 0.3 is 7.82 Å². The first-order chi connectivity index (χ1) is 14.2. The molecule has 0 fully saturated rings. The van der Waals surface area contributed by atoms with Crippen LogP contribution in [0.3, 0.4) is 0 Å². The summed E-state index contributed by atoms with van der Waals surface area (Å²) in [5.41, 5.74) is 0. The SMILES string of the molecule is CCCCCCCCCCCCOCCCOP(=O)(OCCCC)OCCCC. The lowest BCUT2D eigenvalue weighted by molar-refractivity contribution is 0.0869. The van der Waals surface area contributed by atoms with Crippen molar-refractivity contribution in [3.63, 3.8) is 0 Å². The molecule has 6 heteroatoms. The van der Waals surface area contributed by atoms with E-state index < -0.39 is 7.82 Å². The summed E-state index contributed by atoms with van der Waals surface area (Å²) in [5, 5.41) is 0. The maximum Gasteiger partial charge on any atom is 0.474 e. The van der Waals surface area contributed by atoms with Crippen molar-refractivity contribution in [2.24, 2.45) is 0 Å². The standard InChI is InChI=1S/C23H49O5P/c1-4-7-10-11-12-13-14-15-16-17-19-25-20-18-23-28-29(24,26-21-8-5-2)27-22-9-6-3/h4-23H2,1-3H3. The zero-order valence-corrected chi connectivity index (χ0v) is 20.5. The largest absolute Gasteiger partial charge is 0.474 e. The minimum atomic E-state index is -3.42. The third kappa shape index (κ3) is 21.1. The molecule has 0 aliphatic heterocycles. The minimum Gasteiger partial charge on any atom is -0.381 e. The fourth-order valence-electron chi connectivity index (χ4n) is 2.88. The van der Waals surface area contributed by atoms with Crippen LogP contribution >= 0.6 is 7.82 Å². The van der Waals surface area contributed by atoms with Crippen LogP contribution in [0.5, 0.6) is 0 Å². The highest BCUT2D eigenvalue weighted by Crippen LogP contribution is 2.49. The van der Waals surface area contributed by atoms with Crippen molar-refractivity contribution in [3.05, 3.63) is 0 Å². The van der Waals surface area contributed by atoms with Gasteiger partial charge in [0, 0.05) is 13.2 Å². The van der Waals surface area contributed by atoms with E-state index in [0.717, 1.165) is 38.7 Å². The quantitative estimate of drug-likeness (QED) is 0.113. The number of rotatable bonds is 24. The van der Waals surface area contributed by atoms with Crippen LogP contribution in [-0.4, -0.2) is 33.0 Å². The summed E-state index contributed by atoms with van der Waals surface area (Å²) in [4.78, 5) is 0. The van der Waals surface area contributed by atoms with Gasteiger partial charge in [-0.3, -0.25) is 13.6 Å². The molecule has 0 saturated carbocycles. The maximum atomic E-state index is 12.6. The molecule has 0 saturated heterocycles. The van der Waals surface area contributed by atoms with E-state index in [1.54, 1.807) is 0 Å². The average molecular weight is 437 g/mol. The van der Waals surface area contributed by atoms with Crippen LogP contribution in [0, 0.1) is 0 Å². The predicted molar refractivity (Wildman–Crippen MR) is 123 cm³/mol. The Morgan fingerprint density at radius 2 is 0.828 bits per heavy atom. The molecule has 0 atom stereocenters. The van der Waals surface area contributed by atoms with Crippen LogP contribution in [0.2, 0.25) is 0 Å². The fraction of sp³-hybridized carbons (Fsp3) is 1.00. The van der Waals surface area contributed by atoms with Gasteiger partial charge in [-0.25, -0.2) is 4.57 Å². The Balaban J connectivity index is 3.55. The molecule has 0 aromatic carbocycles. The molecule has 0 aliphatic carbocycles. The van der Waals surface area contributed by atoms with Crippen LogP contribution < -0.4 is 0 Å². The first-order valence-electron chi connectivity index (χ1n) is 12.3. The summed E-state index contributed by atoms with van der Waals surface area (Å²) in [7, 11) is -3.42. The Kier molecular flexibility index (Phi) is 22.8. The second kappa shape index (κ2) is 22.7. The number of ether oxygens (including phenoxy) is 1. The lowest BCUT2D eigenvalue weighted by Crippen LogP contribution is -2.06. The molecule has 0 aliphatic rings. The third-order valence-corrected chi connectivity index (χ3v) is 6.32. The molecule has 0 aromatic heterocycles. The highest BCUT2D eigenvalue weighted by Gasteiger charge is 2.25. The lowest BCUT2D eigenvalue weighted by Gasteiger charge is -2.18. The zero-order valence-electron chi connectivity index (χ0n) is 19.6. The van der Waals surface area contributed by atoms with Gasteiger partial charge in [0.1, 0.15) is 0 Å². The minimum absolute atomic E-state index is 0.341. The Morgan fingerprint density at radius 3 is 1.31 bits per heavy atom. The van der Waals surface area contributed by atoms with Crippen molar-refractivity contribution < 1.29 is 22.9 Å². The van der Waals surface area contributed by atoms with Crippen LogP contribution in [0.4, 0.5) is 0 Å². The molecule has 0 unspecified atom stereocenters. The van der Waals surface area contributed by atoms with Crippen molar-refractivity contribution in [1.29, 1.82) is 0 Å². The summed E-state index contributed by atoms with van der Waals surface area (Å²) < 4.78 is 34.5. The van der Waals surface area contributed by atoms with E-state index in [1.165, 1.54) is 57.8 Å². The number of phosphoric acid groups is 1. The molecule has 0 rings (SSSR count). The highest BCUT2D eigenvalue weighted by atomic mass is 31.2. The van der Waals surface area contributed by atoms with E-state index in [2.05, 4.69) is 20.8 Å². The van der Waals surface area contributed by atoms with Gasteiger partial charge in [-0.05, 0) is 25.7 Å². The Bertz CT molecular complexity index is 351. The molecule has 0 heterocycles. The van der Waals surface area contributed by atoms with Crippen molar-refractivity contribution in [2.45, 2.75) is 117 Å². The van der Waals surface area contributed by atoms with Crippen LogP contribution in [0.15, 0.2) is 0 Å². The van der Waals surface area contributed by atoms with E-state index >= 15 is 0 Å². The van der Waals surface area contributed by atoms with Crippen LogP contribution in [0.1, 0.15) is 117 Å². The fourth-order valence-corrected chi connectivity index (χ4v) is 4.17. The van der Waals surface area contributed by atoms with Crippen molar-refractivity contribution in [1.82, 2.24) is 0 Å². The van der Waals surface area contributed by atoms with Gasteiger partial charge in [-0.15, -0.1) is 0 Å². The lowest BCUT2D eigenvalue weighted by atomic mass is 10.1. The molecule has 0 bridgehead atoms. The van der Waals surface area contributed by atoms with Crippen molar-refractivity contribution in [2.75, 3.05) is 33.0 Å². The molecule has 0 amide bonds. The molecular formula is C23H49O5P. The van der Waals surface area contributed by atoms with Crippen molar-refractivity contribution in [3.8, 4) is 0 Å². The molecular weight excluding hydrogens is 387 g/mol. The van der Waals surface area contributed by atoms with Gasteiger partial charge in [0.25, 0.3) is 0 Å².